The molecule has 2 atom stereocenters. The fourth-order valence-electron chi connectivity index (χ4n) is 3.42. The fraction of sp³-hybridized carbons (Fsp3) is 0.474. The van der Waals surface area contributed by atoms with Crippen LogP contribution in [0, 0.1) is 5.92 Å². The first-order chi connectivity index (χ1) is 12.5. The highest BCUT2D eigenvalue weighted by Gasteiger charge is 2.38. The molecule has 0 unspecified atom stereocenters. The summed E-state index contributed by atoms with van der Waals surface area (Å²) in [4.78, 5) is 50.8. The zero-order chi connectivity index (χ0) is 18.7. The number of carbonyl (C=O) groups excluding carboxylic acids is 4. The number of imide groups is 1. The third-order valence-corrected chi connectivity index (χ3v) is 4.95. The third-order valence-electron chi connectivity index (χ3n) is 4.95. The topological polar surface area (TPSA) is 84.0 Å². The van der Waals surface area contributed by atoms with Crippen molar-refractivity contribution in [3.05, 3.63) is 35.9 Å². The van der Waals surface area contributed by atoms with Crippen molar-refractivity contribution in [3.63, 3.8) is 0 Å². The fourth-order valence-corrected chi connectivity index (χ4v) is 3.42. The van der Waals surface area contributed by atoms with Gasteiger partial charge >= 0.3 is 5.97 Å². The maximum Gasteiger partial charge on any atom is 0.311 e. The quantitative estimate of drug-likeness (QED) is 0.741. The van der Waals surface area contributed by atoms with E-state index in [9.17, 15) is 19.2 Å². The van der Waals surface area contributed by atoms with Gasteiger partial charge in [-0.1, -0.05) is 30.3 Å². The van der Waals surface area contributed by atoms with Crippen LogP contribution in [0.4, 0.5) is 0 Å². The molecular formula is C19H22N2O5. The number of nitrogens with zero attached hydrogens (tertiary/aromatic N) is 2. The highest BCUT2D eigenvalue weighted by Crippen LogP contribution is 2.29. The number of benzene rings is 1. The summed E-state index contributed by atoms with van der Waals surface area (Å²) in [5.74, 6) is -1.99. The lowest BCUT2D eigenvalue weighted by molar-refractivity contribution is -0.157. The van der Waals surface area contributed by atoms with Crippen molar-refractivity contribution in [1.82, 2.24) is 9.80 Å². The molecule has 0 aromatic heterocycles. The molecule has 2 aliphatic heterocycles. The van der Waals surface area contributed by atoms with Gasteiger partial charge in [0, 0.05) is 25.9 Å². The van der Waals surface area contributed by atoms with Gasteiger partial charge in [-0.15, -0.1) is 0 Å². The molecule has 0 bridgehead atoms. The first-order valence-corrected chi connectivity index (χ1v) is 8.81. The van der Waals surface area contributed by atoms with Gasteiger partial charge in [0.2, 0.25) is 11.8 Å². The van der Waals surface area contributed by atoms with Crippen molar-refractivity contribution in [2.75, 3.05) is 19.7 Å². The van der Waals surface area contributed by atoms with Crippen LogP contribution in [0.25, 0.3) is 0 Å². The molecule has 2 aliphatic rings. The lowest BCUT2D eigenvalue weighted by atomic mass is 10.1. The average Bonchev–Trinajstić information content (AvgIpc) is 3.25. The van der Waals surface area contributed by atoms with Crippen molar-refractivity contribution >= 4 is 23.7 Å². The molecule has 3 rings (SSSR count). The highest BCUT2D eigenvalue weighted by atomic mass is 16.5. The van der Waals surface area contributed by atoms with Gasteiger partial charge in [-0.2, -0.15) is 0 Å². The van der Waals surface area contributed by atoms with Gasteiger partial charge in [0.1, 0.15) is 0 Å². The normalized spacial score (nSPS) is 21.2. The third kappa shape index (κ3) is 3.76. The van der Waals surface area contributed by atoms with Crippen LogP contribution in [0.15, 0.2) is 30.3 Å². The summed E-state index contributed by atoms with van der Waals surface area (Å²) in [5.41, 5.74) is 0.998. The Kier molecular flexibility index (Phi) is 5.35. The lowest BCUT2D eigenvalue weighted by Crippen LogP contribution is -2.36. The molecule has 26 heavy (non-hydrogen) atoms. The molecule has 1 aromatic rings. The van der Waals surface area contributed by atoms with Crippen LogP contribution < -0.4 is 0 Å². The van der Waals surface area contributed by atoms with E-state index in [4.69, 9.17) is 4.74 Å². The summed E-state index contributed by atoms with van der Waals surface area (Å²) in [6.07, 6.45) is 1.07. The zero-order valence-corrected chi connectivity index (χ0v) is 14.7. The number of amides is 3. The van der Waals surface area contributed by atoms with Crippen LogP contribution >= 0.6 is 0 Å². The van der Waals surface area contributed by atoms with Gasteiger partial charge < -0.3 is 9.64 Å². The molecule has 7 heteroatoms. The largest absolute Gasteiger partial charge is 0.455 e. The van der Waals surface area contributed by atoms with E-state index in [2.05, 4.69) is 0 Å². The van der Waals surface area contributed by atoms with Crippen LogP contribution in [0.1, 0.15) is 37.8 Å². The smallest absolute Gasteiger partial charge is 0.311 e. The molecular weight excluding hydrogens is 336 g/mol. The van der Waals surface area contributed by atoms with E-state index < -0.39 is 24.4 Å². The van der Waals surface area contributed by atoms with E-state index in [1.165, 1.54) is 0 Å². The maximum absolute atomic E-state index is 12.3. The van der Waals surface area contributed by atoms with E-state index in [0.29, 0.717) is 19.4 Å². The number of likely N-dealkylation sites (tertiary alicyclic amines) is 2. The predicted molar refractivity (Wildman–Crippen MR) is 91.6 cm³/mol. The highest BCUT2D eigenvalue weighted by molar-refractivity contribution is 5.98. The first-order valence-electron chi connectivity index (χ1n) is 8.81. The number of carbonyl (C=O) groups is 4. The minimum atomic E-state index is -0.587. The standard InChI is InChI=1S/C19H22N2O5/c1-13(14-6-3-2-4-7-14)21-11-15(10-17(21)23)19(25)26-12-18(24)20-9-5-8-16(20)22/h2-4,6-7,13,15H,5,8-12H2,1H3/t13-,15+/m0/s1. The molecule has 0 aliphatic carbocycles. The van der Waals surface area contributed by atoms with Crippen LogP contribution in [0.2, 0.25) is 0 Å². The molecule has 0 radical (unpaired) electrons. The molecule has 2 fully saturated rings. The van der Waals surface area contributed by atoms with Crippen molar-refractivity contribution in [2.24, 2.45) is 5.92 Å². The Morgan fingerprint density at radius 1 is 1.19 bits per heavy atom. The Balaban J connectivity index is 1.54. The van der Waals surface area contributed by atoms with Crippen molar-refractivity contribution in [3.8, 4) is 0 Å². The molecule has 7 nitrogen and oxygen atoms in total. The summed E-state index contributed by atoms with van der Waals surface area (Å²) >= 11 is 0. The zero-order valence-electron chi connectivity index (χ0n) is 14.7. The van der Waals surface area contributed by atoms with Crippen LogP contribution in [0.3, 0.4) is 0 Å². The summed E-state index contributed by atoms with van der Waals surface area (Å²) in [6.45, 7) is 2.11. The number of esters is 1. The van der Waals surface area contributed by atoms with Crippen LogP contribution in [-0.4, -0.2) is 53.2 Å². The minimum Gasteiger partial charge on any atom is -0.455 e. The van der Waals surface area contributed by atoms with Gasteiger partial charge in [0.05, 0.1) is 12.0 Å². The SMILES string of the molecule is C[C@@H](c1ccccc1)N1C[C@H](C(=O)OCC(=O)N2CCCC2=O)CC1=O. The molecule has 0 spiro atoms. The number of hydrogen-bond donors (Lipinski definition) is 0. The molecule has 138 valence electrons. The molecule has 2 saturated heterocycles. The summed E-state index contributed by atoms with van der Waals surface area (Å²) in [5, 5.41) is 0. The van der Waals surface area contributed by atoms with Gasteiger partial charge in [0.25, 0.3) is 5.91 Å². The molecule has 0 saturated carbocycles. The predicted octanol–water partition coefficient (Wildman–Crippen LogP) is 1.29. The Hall–Kier alpha value is -2.70. The van der Waals surface area contributed by atoms with E-state index >= 15 is 0 Å². The van der Waals surface area contributed by atoms with Gasteiger partial charge in [-0.05, 0) is 18.9 Å². The summed E-state index contributed by atoms with van der Waals surface area (Å²) in [6, 6.07) is 9.47. The maximum atomic E-state index is 12.3. The van der Waals surface area contributed by atoms with Gasteiger partial charge in [0.15, 0.2) is 6.61 Å². The van der Waals surface area contributed by atoms with Crippen molar-refractivity contribution in [1.29, 1.82) is 0 Å². The van der Waals surface area contributed by atoms with Crippen molar-refractivity contribution in [2.45, 2.75) is 32.2 Å². The van der Waals surface area contributed by atoms with Gasteiger partial charge in [-0.3, -0.25) is 24.1 Å². The van der Waals surface area contributed by atoms with Gasteiger partial charge in [-0.25, -0.2) is 0 Å². The van der Waals surface area contributed by atoms with E-state index in [0.717, 1.165) is 10.5 Å². The second-order valence-corrected chi connectivity index (χ2v) is 6.68. The second-order valence-electron chi connectivity index (χ2n) is 6.68. The Morgan fingerprint density at radius 3 is 2.58 bits per heavy atom. The van der Waals surface area contributed by atoms with E-state index in [1.807, 2.05) is 37.3 Å². The minimum absolute atomic E-state index is 0.0762. The average molecular weight is 358 g/mol. The van der Waals surface area contributed by atoms with Crippen molar-refractivity contribution < 1.29 is 23.9 Å². The molecule has 2 heterocycles. The molecule has 3 amide bonds. The monoisotopic (exact) mass is 358 g/mol. The number of ether oxygens (including phenoxy) is 1. The second kappa shape index (κ2) is 7.68. The first kappa shape index (κ1) is 18.1. The Bertz CT molecular complexity index is 718. The Labute approximate surface area is 151 Å². The number of rotatable bonds is 5. The van der Waals surface area contributed by atoms with Crippen LogP contribution in [-0.2, 0) is 23.9 Å². The van der Waals surface area contributed by atoms with Crippen LogP contribution in [0.5, 0.6) is 0 Å². The lowest BCUT2D eigenvalue weighted by Gasteiger charge is -2.25. The molecule has 0 N–H and O–H groups in total. The summed E-state index contributed by atoms with van der Waals surface area (Å²) < 4.78 is 5.07. The van der Waals surface area contributed by atoms with E-state index in [-0.39, 0.29) is 30.8 Å². The van der Waals surface area contributed by atoms with E-state index in [1.54, 1.807) is 4.90 Å². The molecule has 1 aromatic carbocycles. The summed E-state index contributed by atoms with van der Waals surface area (Å²) in [7, 11) is 0. The Morgan fingerprint density at radius 2 is 1.92 bits per heavy atom. The number of hydrogen-bond acceptors (Lipinski definition) is 5.